The van der Waals surface area contributed by atoms with Gasteiger partial charge in [0.1, 0.15) is 0 Å². The molecule has 0 aromatic rings. The van der Waals surface area contributed by atoms with Crippen molar-refractivity contribution in [2.24, 2.45) is 0 Å². The summed E-state index contributed by atoms with van der Waals surface area (Å²) in [5.74, 6) is 0. The summed E-state index contributed by atoms with van der Waals surface area (Å²) in [6, 6.07) is 0. The Labute approximate surface area is 70.6 Å². The molecule has 0 nitrogen and oxygen atoms in total. The third kappa shape index (κ3) is 10.8. The number of rotatable bonds is 1. The fraction of sp³-hybridized carbons (Fsp3) is 0.333. The summed E-state index contributed by atoms with van der Waals surface area (Å²) < 4.78 is 0. The van der Waals surface area contributed by atoms with Crippen LogP contribution in [0.25, 0.3) is 0 Å². The average Bonchev–Trinajstić information content (AvgIpc) is 1.35. The normalized spacial score (nSPS) is 6.00. The molecule has 0 aliphatic rings. The van der Waals surface area contributed by atoms with E-state index in [-0.39, 0.29) is 32.7 Å². The number of allylic oxidation sites excluding steroid dienone is 3. The molecule has 0 aromatic carbocycles. The van der Waals surface area contributed by atoms with Crippen molar-refractivity contribution in [3.05, 3.63) is 24.3 Å². The first-order valence-corrected chi connectivity index (χ1v) is 1.96. The largest absolute Gasteiger partial charge is 0.293 e. The van der Waals surface area contributed by atoms with Gasteiger partial charge >= 0.3 is 0 Å². The molecule has 0 saturated carbocycles. The van der Waals surface area contributed by atoms with Crippen molar-refractivity contribution < 1.29 is 32.7 Å². The minimum atomic E-state index is 0. The van der Waals surface area contributed by atoms with Crippen LogP contribution in [0.2, 0.25) is 0 Å². The zero-order valence-corrected chi connectivity index (χ0v) is 7.65. The van der Waals surface area contributed by atoms with Gasteiger partial charge in [0.2, 0.25) is 0 Å². The molecule has 0 N–H and O–H groups in total. The van der Waals surface area contributed by atoms with E-state index in [1.165, 1.54) is 11.6 Å². The van der Waals surface area contributed by atoms with Crippen molar-refractivity contribution in [1.82, 2.24) is 0 Å². The molecule has 0 bridgehead atoms. The molecule has 0 saturated heterocycles. The quantitative estimate of drug-likeness (QED) is 0.416. The van der Waals surface area contributed by atoms with Crippen LogP contribution in [0.3, 0.4) is 0 Å². The number of hydrogen-bond donors (Lipinski definition) is 0. The Kier molecular flexibility index (Phi) is 9.92. The summed E-state index contributed by atoms with van der Waals surface area (Å²) in [4.78, 5) is 0. The van der Waals surface area contributed by atoms with Gasteiger partial charge in [0.25, 0.3) is 0 Å². The number of hydrogen-bond acceptors (Lipinski definition) is 0. The van der Waals surface area contributed by atoms with Crippen LogP contribution < -0.4 is 0 Å². The summed E-state index contributed by atoms with van der Waals surface area (Å²) in [6.07, 6.45) is 3.40. The maximum Gasteiger partial charge on any atom is 0 e. The summed E-state index contributed by atoms with van der Waals surface area (Å²) in [5, 5.41) is 0. The molecule has 0 aliphatic heterocycles. The second kappa shape index (κ2) is 6.58. The minimum Gasteiger partial charge on any atom is -0.293 e. The Morgan fingerprint density at radius 2 is 1.86 bits per heavy atom. The van der Waals surface area contributed by atoms with E-state index in [4.69, 9.17) is 6.58 Å². The molecule has 0 amide bonds. The van der Waals surface area contributed by atoms with E-state index in [1.807, 2.05) is 19.9 Å². The summed E-state index contributed by atoms with van der Waals surface area (Å²) in [6.45, 7) is 9.03. The van der Waals surface area contributed by atoms with Gasteiger partial charge in [0.15, 0.2) is 0 Å². The third-order valence-corrected chi connectivity index (χ3v) is 0.430. The molecule has 7 heavy (non-hydrogen) atoms. The van der Waals surface area contributed by atoms with E-state index in [2.05, 4.69) is 0 Å². The fourth-order valence-corrected chi connectivity index (χ4v) is 0.192. The van der Waals surface area contributed by atoms with Gasteiger partial charge in [0, 0.05) is 32.7 Å². The predicted octanol–water partition coefficient (Wildman–Crippen LogP) is 1.94. The van der Waals surface area contributed by atoms with Crippen LogP contribution in [0.15, 0.2) is 17.7 Å². The van der Waals surface area contributed by atoms with Crippen LogP contribution in [0, 0.1) is 6.58 Å². The van der Waals surface area contributed by atoms with E-state index in [0.717, 1.165) is 0 Å². The van der Waals surface area contributed by atoms with Gasteiger partial charge in [-0.3, -0.25) is 6.58 Å². The molecule has 0 heterocycles. The van der Waals surface area contributed by atoms with Gasteiger partial charge in [-0.25, -0.2) is 12.2 Å². The van der Waals surface area contributed by atoms with Crippen molar-refractivity contribution >= 4 is 0 Å². The molecule has 0 unspecified atom stereocenters. The molecule has 0 aromatic heterocycles. The smallest absolute Gasteiger partial charge is 0 e. The van der Waals surface area contributed by atoms with Crippen molar-refractivity contribution in [3.63, 3.8) is 0 Å². The van der Waals surface area contributed by atoms with Gasteiger partial charge in [0.05, 0.1) is 0 Å². The van der Waals surface area contributed by atoms with Crippen molar-refractivity contribution in [3.8, 4) is 0 Å². The van der Waals surface area contributed by atoms with Crippen molar-refractivity contribution in [1.29, 1.82) is 0 Å². The third-order valence-electron chi connectivity index (χ3n) is 0.430. The molecule has 0 fully saturated rings. The zero-order chi connectivity index (χ0) is 4.99. The van der Waals surface area contributed by atoms with Crippen molar-refractivity contribution in [2.45, 2.75) is 13.8 Å². The van der Waals surface area contributed by atoms with Crippen LogP contribution in [0.1, 0.15) is 13.8 Å². The maximum absolute atomic E-state index is 5.03. The fourth-order valence-electron chi connectivity index (χ4n) is 0.192. The monoisotopic (exact) mass is 170 g/mol. The summed E-state index contributed by atoms with van der Waals surface area (Å²) >= 11 is 0. The van der Waals surface area contributed by atoms with Gasteiger partial charge < -0.3 is 0 Å². The zero-order valence-electron chi connectivity index (χ0n) is 4.81. The Balaban J connectivity index is 0. The Morgan fingerprint density at radius 3 is 1.86 bits per heavy atom. The van der Waals surface area contributed by atoms with Crippen LogP contribution in [-0.2, 0) is 32.7 Å². The van der Waals surface area contributed by atoms with Crippen LogP contribution in [0.5, 0.6) is 0 Å². The molecule has 1 heteroatoms. The maximum atomic E-state index is 5.03. The van der Waals surface area contributed by atoms with Crippen LogP contribution in [0.4, 0.5) is 0 Å². The molecule has 0 rings (SSSR count). The summed E-state index contributed by atoms with van der Waals surface area (Å²) in [7, 11) is 0. The topological polar surface area (TPSA) is 0 Å². The first-order chi connectivity index (χ1) is 2.77. The molecular formula is C6H9Y-. The Morgan fingerprint density at radius 1 is 1.43 bits per heavy atom. The predicted molar refractivity (Wildman–Crippen MR) is 28.3 cm³/mol. The van der Waals surface area contributed by atoms with Gasteiger partial charge in [-0.05, 0) is 0 Å². The molecule has 37 valence electrons. The average molecular weight is 170 g/mol. The van der Waals surface area contributed by atoms with Gasteiger partial charge in [-0.1, -0.05) is 13.8 Å². The van der Waals surface area contributed by atoms with Gasteiger partial charge in [-0.15, -0.1) is 0 Å². The summed E-state index contributed by atoms with van der Waals surface area (Å²) in [5.41, 5.74) is 1.23. The first-order valence-electron chi connectivity index (χ1n) is 1.96. The Hall–Kier alpha value is 0.584. The van der Waals surface area contributed by atoms with E-state index in [9.17, 15) is 0 Å². The van der Waals surface area contributed by atoms with Gasteiger partial charge in [-0.2, -0.15) is 5.57 Å². The standard InChI is InChI=1S/C6H9.Y/c1-4-5-6(2)3;/h1,4-5H,2-3H3;/q-1;. The molecule has 1 radical (unpaired) electrons. The Bertz CT molecular complexity index is 68.2. The first kappa shape index (κ1) is 10.5. The minimum absolute atomic E-state index is 0. The van der Waals surface area contributed by atoms with Crippen LogP contribution >= 0.6 is 0 Å². The second-order valence-electron chi connectivity index (χ2n) is 1.44. The van der Waals surface area contributed by atoms with E-state index in [0.29, 0.717) is 0 Å². The molecule has 0 atom stereocenters. The molecular weight excluding hydrogens is 161 g/mol. The van der Waals surface area contributed by atoms with E-state index < -0.39 is 0 Å². The molecule has 0 spiro atoms. The SMILES string of the molecule is [CH-]=CC=C(C)C.[Y]. The second-order valence-corrected chi connectivity index (χ2v) is 1.44. The van der Waals surface area contributed by atoms with Crippen LogP contribution in [-0.4, -0.2) is 0 Å². The molecule has 0 aliphatic carbocycles. The van der Waals surface area contributed by atoms with Crippen molar-refractivity contribution in [2.75, 3.05) is 0 Å². The van der Waals surface area contributed by atoms with E-state index >= 15 is 0 Å². The van der Waals surface area contributed by atoms with E-state index in [1.54, 1.807) is 0 Å².